The van der Waals surface area contributed by atoms with Gasteiger partial charge in [0.1, 0.15) is 81.7 Å². The van der Waals surface area contributed by atoms with Crippen LogP contribution in [0.3, 0.4) is 0 Å². The molecule has 3 aromatic carbocycles. The molecule has 0 spiro atoms. The number of fused-ring (bicyclic) bond motifs is 5. The number of carbonyl (C=O) groups excluding carboxylic acids is 3. The minimum absolute atomic E-state index is 0. The molecule has 10 heterocycles. The van der Waals surface area contributed by atoms with E-state index in [1.807, 2.05) is 127 Å². The van der Waals surface area contributed by atoms with E-state index in [2.05, 4.69) is 110 Å². The molecule has 0 aliphatic carbocycles. The molecule has 111 heavy (non-hydrogen) atoms. The van der Waals surface area contributed by atoms with E-state index in [4.69, 9.17) is 21.3 Å². The molecule has 0 fully saturated rings. The number of carboxylic acid groups (broad SMARTS) is 2. The number of amides is 1. The molecule has 13 aromatic rings. The molecule has 41 nitrogen and oxygen atoms in total. The minimum atomic E-state index is -1.12. The molecule has 0 saturated carbocycles. The number of nitrogens with two attached hydrogens (primary N) is 2. The van der Waals surface area contributed by atoms with Gasteiger partial charge < -0.3 is 61.0 Å². The van der Waals surface area contributed by atoms with Crippen LogP contribution in [-0.4, -0.2) is 266 Å². The third kappa shape index (κ3) is 22.8. The molecule has 0 atom stereocenters. The Morgan fingerprint density at radius 3 is 1.30 bits per heavy atom. The molecule has 13 rings (SSSR count). The molecule has 0 unspecified atom stereocenters. The maximum atomic E-state index is 13.6. The molecule has 0 bridgehead atoms. The summed E-state index contributed by atoms with van der Waals surface area (Å²) in [5.41, 5.74) is 15.8. The van der Waals surface area contributed by atoms with Crippen LogP contribution >= 0.6 is 0 Å². The van der Waals surface area contributed by atoms with Gasteiger partial charge in [-0.3, -0.25) is 34.4 Å². The van der Waals surface area contributed by atoms with Crippen LogP contribution in [0.25, 0.3) is 55.2 Å². The van der Waals surface area contributed by atoms with Crippen molar-refractivity contribution in [2.75, 3.05) is 94.7 Å². The number of carboxylic acids is 2. The number of aromatic nitrogens is 20. The number of nitrogens with zero attached hydrogens (tertiary/aromatic N) is 26. The Kier molecular flexibility index (Phi) is 32.4. The van der Waals surface area contributed by atoms with Crippen molar-refractivity contribution in [3.8, 4) is 5.75 Å². The minimum Gasteiger partial charge on any atom is -0.870 e. The normalized spacial score (nSPS) is 10.9. The summed E-state index contributed by atoms with van der Waals surface area (Å²) in [5.74, 6) is -0.369. The zero-order valence-electron chi connectivity index (χ0n) is 61.4. The molecule has 10 aromatic heterocycles. The molecule has 574 valence electrons. The number of hydrogen-bond donors (Lipinski definition) is 6. The van der Waals surface area contributed by atoms with E-state index in [1.54, 1.807) is 59.4 Å². The van der Waals surface area contributed by atoms with Gasteiger partial charge in [-0.15, -0.1) is 0 Å². The number of nitrogens with one attached hydrogen (secondary N) is 2. The predicted octanol–water partition coefficient (Wildman–Crippen LogP) is 0.884. The first-order chi connectivity index (χ1) is 52.1. The van der Waals surface area contributed by atoms with E-state index in [0.29, 0.717) is 78.9 Å². The number of aliphatic imine (C=N–C) groups is 3. The van der Waals surface area contributed by atoms with Crippen LogP contribution in [0.5, 0.6) is 5.75 Å². The fourth-order valence-corrected chi connectivity index (χ4v) is 10.2. The molecule has 9 N–H and O–H groups in total. The van der Waals surface area contributed by atoms with Gasteiger partial charge in [-0.25, -0.2) is 83.5 Å². The molecule has 1 amide bonds. The summed E-state index contributed by atoms with van der Waals surface area (Å²) in [6, 6.07) is 27.9. The van der Waals surface area contributed by atoms with E-state index < -0.39 is 35.9 Å². The van der Waals surface area contributed by atoms with Crippen LogP contribution in [0.15, 0.2) is 163 Å². The zero-order chi connectivity index (χ0) is 77.3. The Hall–Kier alpha value is -13.5. The second kappa shape index (κ2) is 41.6. The Balaban J connectivity index is 0.000000243. The first kappa shape index (κ1) is 86.4. The Morgan fingerprint density at radius 2 is 0.892 bits per heavy atom. The summed E-state index contributed by atoms with van der Waals surface area (Å²) >= 11 is 0. The predicted molar refractivity (Wildman–Crippen MR) is 406 cm³/mol. The third-order valence-electron chi connectivity index (χ3n) is 15.2. The standard InChI is InChI=1S/C34H36N8O4.C11H14N6O2.C10H12N6O2.C8H9N5O2.C5H5N5.CH4.Na.H2O/c1-40(2)24-37-32-29-20-39-42(33(29)36-23-35-32)21-30(43)41(22-31(44)45)19-18-38-34(25-10-6-4-7-11-25,26-12-8-5-9-13-26)27-14-16-28(46-3)17-15-27;1-16(2)7-14-10-8-4-15-17(5-9(18)19-3)11(8)13-6-12-10;1-15(2)6-13-9-7-3-14-16(4-8(17)18)10(7)12-5-11-9;1-15-6(14)3-13-8-5(2-12-13)7(9)10-4-11-8;6-4-3-1-9-10-5(3)8-2-7-4;;;/h4-17,20,23-24,38H,18-19,21-22H2,1-3H3,(H,44,45);4,6-7H,5H2,1-3H3;3,5-6H,4H2,1-2H3,(H,17,18);2,4H,3H2,1H3,(H2,9,10,11);1-2H,(H3,6,7,8,9,10);1H4;;1H2/q;;;;;;+1;/p-1. The topological polar surface area (TPSA) is 526 Å². The summed E-state index contributed by atoms with van der Waals surface area (Å²) in [7, 11) is 15.4. The third-order valence-corrected chi connectivity index (χ3v) is 15.2. The summed E-state index contributed by atoms with van der Waals surface area (Å²) in [5, 5.41) is 48.3. The molecule has 0 aliphatic rings. The summed E-state index contributed by atoms with van der Waals surface area (Å²) in [4.78, 5) is 118. The number of carbonyl (C=O) groups is 5. The number of esters is 2. The Morgan fingerprint density at radius 1 is 0.505 bits per heavy atom. The maximum Gasteiger partial charge on any atom is 1.00 e. The van der Waals surface area contributed by atoms with Gasteiger partial charge in [-0.2, -0.15) is 25.5 Å². The van der Waals surface area contributed by atoms with Crippen LogP contribution in [-0.2, 0) is 65.2 Å². The Bertz CT molecular complexity index is 5250. The van der Waals surface area contributed by atoms with E-state index in [-0.39, 0.29) is 87.7 Å². The van der Waals surface area contributed by atoms with Gasteiger partial charge in [0.25, 0.3) is 0 Å². The first-order valence-corrected chi connectivity index (χ1v) is 32.4. The molecular formula is C69H81N30NaO11. The number of nitrogen functional groups attached to an aromatic ring is 2. The maximum absolute atomic E-state index is 13.6. The van der Waals surface area contributed by atoms with E-state index in [9.17, 15) is 29.1 Å². The fraction of sp³-hybridized carbons (Fsp3) is 0.261. The average molecular weight is 1530 g/mol. The van der Waals surface area contributed by atoms with Gasteiger partial charge in [0.15, 0.2) is 45.7 Å². The summed E-state index contributed by atoms with van der Waals surface area (Å²) in [6.07, 6.45) is 19.4. The van der Waals surface area contributed by atoms with Gasteiger partial charge in [-0.05, 0) is 28.8 Å². The van der Waals surface area contributed by atoms with Crippen molar-refractivity contribution in [3.63, 3.8) is 0 Å². The second-order valence-corrected chi connectivity index (χ2v) is 23.4. The van der Waals surface area contributed by atoms with Crippen LogP contribution < -0.4 is 51.1 Å². The van der Waals surface area contributed by atoms with Crippen LogP contribution in [0, 0.1) is 0 Å². The number of aliphatic carboxylic acids is 2. The number of rotatable bonds is 24. The fourth-order valence-electron chi connectivity index (χ4n) is 10.2. The zero-order valence-corrected chi connectivity index (χ0v) is 63.4. The first-order valence-electron chi connectivity index (χ1n) is 32.4. The van der Waals surface area contributed by atoms with Crippen LogP contribution in [0.4, 0.5) is 29.1 Å². The Labute approximate surface area is 655 Å². The molecule has 0 radical (unpaired) electrons. The van der Waals surface area contributed by atoms with Crippen molar-refractivity contribution in [1.29, 1.82) is 0 Å². The van der Waals surface area contributed by atoms with Gasteiger partial charge in [-0.1, -0.05) is 80.2 Å². The summed E-state index contributed by atoms with van der Waals surface area (Å²) < 4.78 is 20.2. The monoisotopic (exact) mass is 1530 g/mol. The van der Waals surface area contributed by atoms with Gasteiger partial charge in [0, 0.05) is 55.4 Å². The number of benzene rings is 3. The summed E-state index contributed by atoms with van der Waals surface area (Å²) in [6.45, 7) is -0.498. The number of anilines is 2. The van der Waals surface area contributed by atoms with Crippen molar-refractivity contribution in [2.45, 2.75) is 39.1 Å². The number of aromatic amines is 1. The number of H-pyrrole nitrogens is 1. The molecular weight excluding hydrogens is 1450 g/mol. The SMILES string of the molecule is C.CN(C)C=Nc1ncnc2c1cnn2CC(=O)O.COC(=O)Cn1ncc2c(N)ncnc21.COC(=O)Cn1ncc2c(N=CN(C)C)ncnc21.COc1ccc(C(NCCN(CC(=O)O)C(=O)Cn2ncc3c(N=CN(C)C)ncnc32)(c2ccccc2)c2ccccc2)cc1.Nc1ncnc2[nH]ncc12.[Na+].[OH-]. The number of methoxy groups -OCH3 is 3. The van der Waals surface area contributed by atoms with Crippen molar-refractivity contribution < 1.29 is 83.4 Å². The van der Waals surface area contributed by atoms with Crippen LogP contribution in [0.1, 0.15) is 24.1 Å². The largest absolute Gasteiger partial charge is 1.00 e. The van der Waals surface area contributed by atoms with Gasteiger partial charge in [0.05, 0.1) is 104 Å². The van der Waals surface area contributed by atoms with Gasteiger partial charge in [0.2, 0.25) is 5.91 Å². The van der Waals surface area contributed by atoms with E-state index in [1.165, 1.54) is 81.9 Å². The van der Waals surface area contributed by atoms with Crippen molar-refractivity contribution in [3.05, 3.63) is 164 Å². The quantitative estimate of drug-likeness (QED) is 0.0161. The second-order valence-electron chi connectivity index (χ2n) is 23.4. The van der Waals surface area contributed by atoms with Crippen molar-refractivity contribution in [2.24, 2.45) is 15.0 Å². The van der Waals surface area contributed by atoms with Gasteiger partial charge >= 0.3 is 53.4 Å². The molecule has 42 heteroatoms. The number of ether oxygens (including phenoxy) is 3. The van der Waals surface area contributed by atoms with Crippen molar-refractivity contribution in [1.82, 2.24) is 124 Å². The van der Waals surface area contributed by atoms with Crippen molar-refractivity contribution >= 4 is 133 Å². The molecule has 0 aliphatic heterocycles. The average Bonchev–Trinajstić information content (AvgIpc) is 1.72. The van der Waals surface area contributed by atoms with Crippen LogP contribution in [0.2, 0.25) is 0 Å². The van der Waals surface area contributed by atoms with E-state index >= 15 is 0 Å². The molecule has 0 saturated heterocycles. The smallest absolute Gasteiger partial charge is 0.870 e. The number of hydrogen-bond acceptors (Lipinski definition) is 30. The van der Waals surface area contributed by atoms with E-state index in [0.717, 1.165) is 27.8 Å².